The second-order valence-electron chi connectivity index (χ2n) is 3.47. The predicted molar refractivity (Wildman–Crippen MR) is 66.8 cm³/mol. The molecule has 0 bridgehead atoms. The highest BCUT2D eigenvalue weighted by atomic mass is 16.5. The fraction of sp³-hybridized carbons (Fsp3) is 0.0714. The molecule has 3 heteroatoms. The van der Waals surface area contributed by atoms with E-state index < -0.39 is 0 Å². The second-order valence-corrected chi connectivity index (χ2v) is 3.47. The minimum absolute atomic E-state index is 0.149. The van der Waals surface area contributed by atoms with Gasteiger partial charge in [-0.3, -0.25) is 5.41 Å². The Kier molecular flexibility index (Phi) is 3.40. The largest absolute Gasteiger partial charge is 0.481 e. The Bertz CT molecular complexity index is 491. The summed E-state index contributed by atoms with van der Waals surface area (Å²) in [4.78, 5) is 0. The summed E-state index contributed by atoms with van der Waals surface area (Å²) >= 11 is 0. The van der Waals surface area contributed by atoms with Gasteiger partial charge in [0.25, 0.3) is 0 Å². The third-order valence-electron chi connectivity index (χ3n) is 2.30. The van der Waals surface area contributed by atoms with E-state index in [2.05, 4.69) is 0 Å². The quantitative estimate of drug-likeness (QED) is 0.644. The second kappa shape index (κ2) is 5.16. The van der Waals surface area contributed by atoms with Gasteiger partial charge in [0.15, 0.2) is 0 Å². The van der Waals surface area contributed by atoms with Crippen LogP contribution in [0.25, 0.3) is 0 Å². The monoisotopic (exact) mass is 227 g/mol. The Labute approximate surface area is 100 Å². The summed E-state index contributed by atoms with van der Waals surface area (Å²) in [6.07, 6.45) is 0. The first-order valence-electron chi connectivity index (χ1n) is 5.25. The van der Waals surface area contributed by atoms with Crippen molar-refractivity contribution in [2.45, 2.75) is 0 Å². The summed E-state index contributed by atoms with van der Waals surface area (Å²) in [5.74, 6) is 1.68. The lowest BCUT2D eigenvalue weighted by atomic mass is 10.2. The summed E-state index contributed by atoms with van der Waals surface area (Å²) in [5, 5.41) is 7.51. The highest BCUT2D eigenvalue weighted by Gasteiger charge is 2.01. The third kappa shape index (κ3) is 2.84. The molecular formula is C14H13NO2. The van der Waals surface area contributed by atoms with Gasteiger partial charge in [-0.05, 0) is 36.4 Å². The molecule has 0 radical (unpaired) electrons. The SMILES string of the molecule is COC(=N)c1ccc(Oc2ccccc2)cc1. The average Bonchev–Trinajstić information content (AvgIpc) is 2.40. The minimum Gasteiger partial charge on any atom is -0.481 e. The molecule has 0 aromatic heterocycles. The number of hydrogen-bond acceptors (Lipinski definition) is 3. The number of benzene rings is 2. The Hall–Kier alpha value is -2.29. The Morgan fingerprint density at radius 2 is 1.47 bits per heavy atom. The molecule has 1 N–H and O–H groups in total. The Balaban J connectivity index is 2.11. The van der Waals surface area contributed by atoms with Gasteiger partial charge in [0.05, 0.1) is 7.11 Å². The molecule has 86 valence electrons. The van der Waals surface area contributed by atoms with E-state index in [4.69, 9.17) is 14.9 Å². The van der Waals surface area contributed by atoms with Crippen molar-refractivity contribution < 1.29 is 9.47 Å². The zero-order valence-corrected chi connectivity index (χ0v) is 9.51. The zero-order valence-electron chi connectivity index (χ0n) is 9.51. The number of rotatable bonds is 3. The normalized spacial score (nSPS) is 9.71. The molecule has 0 heterocycles. The molecular weight excluding hydrogens is 214 g/mol. The van der Waals surface area contributed by atoms with E-state index in [0.717, 1.165) is 17.1 Å². The van der Waals surface area contributed by atoms with Crippen LogP contribution in [-0.2, 0) is 4.74 Å². The van der Waals surface area contributed by atoms with Gasteiger partial charge in [-0.15, -0.1) is 0 Å². The van der Waals surface area contributed by atoms with Crippen LogP contribution in [0, 0.1) is 5.41 Å². The number of nitrogens with one attached hydrogen (secondary N) is 1. The van der Waals surface area contributed by atoms with E-state index >= 15 is 0 Å². The van der Waals surface area contributed by atoms with Crippen molar-refractivity contribution >= 4 is 5.90 Å². The number of hydrogen-bond donors (Lipinski definition) is 1. The van der Waals surface area contributed by atoms with Crippen LogP contribution >= 0.6 is 0 Å². The molecule has 2 aromatic rings. The maximum atomic E-state index is 7.51. The van der Waals surface area contributed by atoms with Gasteiger partial charge in [0.2, 0.25) is 5.90 Å². The van der Waals surface area contributed by atoms with Gasteiger partial charge in [-0.25, -0.2) is 0 Å². The van der Waals surface area contributed by atoms with Crippen molar-refractivity contribution in [3.63, 3.8) is 0 Å². The summed E-state index contributed by atoms with van der Waals surface area (Å²) < 4.78 is 10.5. The molecule has 17 heavy (non-hydrogen) atoms. The van der Waals surface area contributed by atoms with Crippen LogP contribution in [0.3, 0.4) is 0 Å². The summed E-state index contributed by atoms with van der Waals surface area (Å²) in [6.45, 7) is 0. The topological polar surface area (TPSA) is 42.3 Å². The Morgan fingerprint density at radius 1 is 0.882 bits per heavy atom. The third-order valence-corrected chi connectivity index (χ3v) is 2.30. The molecule has 0 unspecified atom stereocenters. The minimum atomic E-state index is 0.149. The molecule has 0 saturated heterocycles. The van der Waals surface area contributed by atoms with Crippen LogP contribution in [0.4, 0.5) is 0 Å². The highest BCUT2D eigenvalue weighted by molar-refractivity contribution is 5.91. The number of para-hydroxylation sites is 1. The number of methoxy groups -OCH3 is 1. The molecule has 0 amide bonds. The molecule has 3 nitrogen and oxygen atoms in total. The zero-order chi connectivity index (χ0) is 12.1. The predicted octanol–water partition coefficient (Wildman–Crippen LogP) is 3.45. The fourth-order valence-corrected chi connectivity index (χ4v) is 1.42. The van der Waals surface area contributed by atoms with Gasteiger partial charge in [-0.1, -0.05) is 18.2 Å². The summed E-state index contributed by atoms with van der Waals surface area (Å²) in [7, 11) is 1.48. The van der Waals surface area contributed by atoms with Crippen LogP contribution in [0.5, 0.6) is 11.5 Å². The van der Waals surface area contributed by atoms with Crippen molar-refractivity contribution in [1.29, 1.82) is 5.41 Å². The number of ether oxygens (including phenoxy) is 2. The molecule has 2 rings (SSSR count). The van der Waals surface area contributed by atoms with Crippen molar-refractivity contribution in [2.24, 2.45) is 0 Å². The summed E-state index contributed by atoms with van der Waals surface area (Å²) in [6, 6.07) is 16.8. The van der Waals surface area contributed by atoms with Gasteiger partial charge in [0, 0.05) is 5.56 Å². The maximum Gasteiger partial charge on any atom is 0.212 e. The van der Waals surface area contributed by atoms with Crippen LogP contribution in [-0.4, -0.2) is 13.0 Å². The van der Waals surface area contributed by atoms with Gasteiger partial charge < -0.3 is 9.47 Å². The van der Waals surface area contributed by atoms with E-state index in [9.17, 15) is 0 Å². The smallest absolute Gasteiger partial charge is 0.212 e. The fourth-order valence-electron chi connectivity index (χ4n) is 1.42. The van der Waals surface area contributed by atoms with Gasteiger partial charge in [-0.2, -0.15) is 0 Å². The molecule has 0 atom stereocenters. The lowest BCUT2D eigenvalue weighted by Gasteiger charge is -2.06. The van der Waals surface area contributed by atoms with Crippen LogP contribution in [0.2, 0.25) is 0 Å². The highest BCUT2D eigenvalue weighted by Crippen LogP contribution is 2.21. The molecule has 0 aliphatic rings. The Morgan fingerprint density at radius 3 is 2.06 bits per heavy atom. The van der Waals surface area contributed by atoms with Gasteiger partial charge >= 0.3 is 0 Å². The first-order chi connectivity index (χ1) is 8.29. The van der Waals surface area contributed by atoms with E-state index in [1.54, 1.807) is 12.1 Å². The lowest BCUT2D eigenvalue weighted by molar-refractivity contribution is 0.401. The van der Waals surface area contributed by atoms with Crippen LogP contribution in [0.1, 0.15) is 5.56 Å². The van der Waals surface area contributed by atoms with Crippen molar-refractivity contribution in [2.75, 3.05) is 7.11 Å². The van der Waals surface area contributed by atoms with E-state index in [1.807, 2.05) is 42.5 Å². The first kappa shape index (κ1) is 11.2. The van der Waals surface area contributed by atoms with E-state index in [0.29, 0.717) is 0 Å². The lowest BCUT2D eigenvalue weighted by Crippen LogP contribution is -2.00. The van der Waals surface area contributed by atoms with Crippen molar-refractivity contribution in [3.8, 4) is 11.5 Å². The molecule has 0 fully saturated rings. The van der Waals surface area contributed by atoms with Crippen LogP contribution < -0.4 is 4.74 Å². The molecule has 2 aromatic carbocycles. The van der Waals surface area contributed by atoms with Crippen molar-refractivity contribution in [1.82, 2.24) is 0 Å². The van der Waals surface area contributed by atoms with Gasteiger partial charge in [0.1, 0.15) is 11.5 Å². The average molecular weight is 227 g/mol. The van der Waals surface area contributed by atoms with Crippen molar-refractivity contribution in [3.05, 3.63) is 60.2 Å². The van der Waals surface area contributed by atoms with E-state index in [1.165, 1.54) is 7.11 Å². The molecule has 0 aliphatic carbocycles. The molecule has 0 aliphatic heterocycles. The molecule has 0 spiro atoms. The van der Waals surface area contributed by atoms with E-state index in [-0.39, 0.29) is 5.90 Å². The molecule has 0 saturated carbocycles. The van der Waals surface area contributed by atoms with Crippen LogP contribution in [0.15, 0.2) is 54.6 Å². The standard InChI is InChI=1S/C14H13NO2/c1-16-14(15)11-7-9-13(10-8-11)17-12-5-3-2-4-6-12/h2-10,15H,1H3. The first-order valence-corrected chi connectivity index (χ1v) is 5.25. The summed E-state index contributed by atoms with van der Waals surface area (Å²) in [5.41, 5.74) is 0.730. The maximum absolute atomic E-state index is 7.51.